The number of amides is 2. The second kappa shape index (κ2) is 2.05. The summed E-state index contributed by atoms with van der Waals surface area (Å²) in [6, 6.07) is -0.627. The van der Waals surface area contributed by atoms with Crippen LogP contribution in [0.1, 0.15) is 6.92 Å². The zero-order valence-electron chi connectivity index (χ0n) is 6.00. The van der Waals surface area contributed by atoms with Crippen LogP contribution in [0.25, 0.3) is 0 Å². The van der Waals surface area contributed by atoms with Crippen molar-refractivity contribution in [1.82, 2.24) is 4.90 Å². The lowest BCUT2D eigenvalue weighted by atomic mass is 10.1. The van der Waals surface area contributed by atoms with Crippen LogP contribution in [0.5, 0.6) is 0 Å². The number of imide groups is 1. The van der Waals surface area contributed by atoms with Crippen LogP contribution in [0, 0.1) is 5.92 Å². The highest BCUT2D eigenvalue weighted by molar-refractivity contribution is 6.06. The van der Waals surface area contributed by atoms with E-state index in [0.29, 0.717) is 0 Å². The Bertz CT molecular complexity index is 170. The standard InChI is InChI=1S/C6H10N2O2/c1-3-4(7)6(10)8(2)5(3)9/h3-4H,7H2,1-2H3/t3-,4-/m1/s1. The summed E-state index contributed by atoms with van der Waals surface area (Å²) in [5.41, 5.74) is 5.39. The van der Waals surface area contributed by atoms with Gasteiger partial charge in [0.15, 0.2) is 0 Å². The lowest BCUT2D eigenvalue weighted by molar-refractivity contribution is -0.137. The van der Waals surface area contributed by atoms with Crippen molar-refractivity contribution in [3.63, 3.8) is 0 Å². The van der Waals surface area contributed by atoms with Crippen LogP contribution >= 0.6 is 0 Å². The maximum absolute atomic E-state index is 11.0. The van der Waals surface area contributed by atoms with Gasteiger partial charge in [0.25, 0.3) is 0 Å². The highest BCUT2D eigenvalue weighted by Crippen LogP contribution is 2.15. The van der Waals surface area contributed by atoms with Crippen molar-refractivity contribution >= 4 is 11.8 Å². The van der Waals surface area contributed by atoms with Crippen LogP contribution in [-0.4, -0.2) is 29.8 Å². The first-order valence-electron chi connectivity index (χ1n) is 3.12. The van der Waals surface area contributed by atoms with Crippen molar-refractivity contribution in [2.24, 2.45) is 11.7 Å². The Labute approximate surface area is 59.0 Å². The van der Waals surface area contributed by atoms with Gasteiger partial charge in [-0.2, -0.15) is 0 Å². The van der Waals surface area contributed by atoms with Gasteiger partial charge in [0.05, 0.1) is 12.0 Å². The molecule has 0 bridgehead atoms. The van der Waals surface area contributed by atoms with Crippen molar-refractivity contribution in [3.05, 3.63) is 0 Å². The topological polar surface area (TPSA) is 63.4 Å². The predicted octanol–water partition coefficient (Wildman–Crippen LogP) is -1.05. The molecule has 0 aromatic heterocycles. The molecule has 1 saturated heterocycles. The van der Waals surface area contributed by atoms with Gasteiger partial charge in [-0.15, -0.1) is 0 Å². The number of nitrogens with zero attached hydrogens (tertiary/aromatic N) is 1. The van der Waals surface area contributed by atoms with E-state index in [0.717, 1.165) is 4.90 Å². The highest BCUT2D eigenvalue weighted by Gasteiger charge is 2.40. The van der Waals surface area contributed by atoms with E-state index in [1.165, 1.54) is 7.05 Å². The zero-order chi connectivity index (χ0) is 7.89. The zero-order valence-corrected chi connectivity index (χ0v) is 6.00. The fourth-order valence-corrected chi connectivity index (χ4v) is 1.01. The normalized spacial score (nSPS) is 33.7. The molecule has 0 radical (unpaired) electrons. The Hall–Kier alpha value is -0.900. The third kappa shape index (κ3) is 0.724. The molecular formula is C6H10N2O2. The molecule has 0 spiro atoms. The summed E-state index contributed by atoms with van der Waals surface area (Å²) < 4.78 is 0. The van der Waals surface area contributed by atoms with Crippen LogP contribution in [0.2, 0.25) is 0 Å². The third-order valence-corrected chi connectivity index (χ3v) is 1.87. The van der Waals surface area contributed by atoms with Crippen LogP contribution < -0.4 is 5.73 Å². The summed E-state index contributed by atoms with van der Waals surface area (Å²) in [6.07, 6.45) is 0. The molecule has 0 aromatic rings. The molecule has 56 valence electrons. The second-order valence-electron chi connectivity index (χ2n) is 2.55. The van der Waals surface area contributed by atoms with Gasteiger partial charge in [-0.3, -0.25) is 14.5 Å². The number of likely N-dealkylation sites (tertiary alicyclic amines) is 1. The molecule has 1 heterocycles. The summed E-state index contributed by atoms with van der Waals surface area (Å²) in [6.45, 7) is 1.66. The summed E-state index contributed by atoms with van der Waals surface area (Å²) >= 11 is 0. The Balaban J connectivity index is 2.89. The van der Waals surface area contributed by atoms with E-state index >= 15 is 0 Å². The fourth-order valence-electron chi connectivity index (χ4n) is 1.01. The first-order valence-corrected chi connectivity index (χ1v) is 3.12. The summed E-state index contributed by atoms with van der Waals surface area (Å²) in [5, 5.41) is 0. The van der Waals surface area contributed by atoms with Gasteiger partial charge in [0, 0.05) is 7.05 Å². The molecule has 1 fully saturated rings. The average Bonchev–Trinajstić information content (AvgIpc) is 2.07. The van der Waals surface area contributed by atoms with E-state index in [1.807, 2.05) is 0 Å². The molecule has 2 atom stereocenters. The van der Waals surface area contributed by atoms with Gasteiger partial charge in [-0.25, -0.2) is 0 Å². The number of nitrogens with two attached hydrogens (primary N) is 1. The van der Waals surface area contributed by atoms with E-state index in [9.17, 15) is 9.59 Å². The number of hydrogen-bond acceptors (Lipinski definition) is 3. The second-order valence-corrected chi connectivity index (χ2v) is 2.55. The number of hydrogen-bond donors (Lipinski definition) is 1. The first kappa shape index (κ1) is 7.21. The minimum Gasteiger partial charge on any atom is -0.319 e. The SMILES string of the molecule is C[C@H]1C(=O)N(C)C(=O)[C@@H]1N. The van der Waals surface area contributed by atoms with E-state index < -0.39 is 6.04 Å². The van der Waals surface area contributed by atoms with Crippen molar-refractivity contribution in [1.29, 1.82) is 0 Å². The Kier molecular flexibility index (Phi) is 1.48. The summed E-state index contributed by atoms with van der Waals surface area (Å²) in [5.74, 6) is -0.812. The molecule has 4 heteroatoms. The van der Waals surface area contributed by atoms with Gasteiger partial charge in [-0.05, 0) is 0 Å². The number of carbonyl (C=O) groups excluding carboxylic acids is 2. The molecule has 4 nitrogen and oxygen atoms in total. The first-order chi connectivity index (χ1) is 4.55. The largest absolute Gasteiger partial charge is 0.319 e. The lowest BCUT2D eigenvalue weighted by Gasteiger charge is -2.03. The van der Waals surface area contributed by atoms with Gasteiger partial charge in [0.1, 0.15) is 0 Å². The van der Waals surface area contributed by atoms with Crippen LogP contribution in [0.3, 0.4) is 0 Å². The van der Waals surface area contributed by atoms with Gasteiger partial charge in [0.2, 0.25) is 11.8 Å². The molecule has 0 saturated carbocycles. The van der Waals surface area contributed by atoms with Crippen molar-refractivity contribution < 1.29 is 9.59 Å². The van der Waals surface area contributed by atoms with E-state index in [1.54, 1.807) is 6.92 Å². The molecule has 2 amide bonds. The maximum atomic E-state index is 11.0. The number of rotatable bonds is 0. The molecule has 0 aliphatic carbocycles. The Morgan fingerprint density at radius 2 is 1.90 bits per heavy atom. The minimum atomic E-state index is -0.627. The molecule has 2 N–H and O–H groups in total. The summed E-state index contributed by atoms with van der Waals surface area (Å²) in [4.78, 5) is 22.9. The van der Waals surface area contributed by atoms with Gasteiger partial charge < -0.3 is 5.73 Å². The van der Waals surface area contributed by atoms with E-state index in [-0.39, 0.29) is 17.7 Å². The maximum Gasteiger partial charge on any atom is 0.246 e. The van der Waals surface area contributed by atoms with Gasteiger partial charge >= 0.3 is 0 Å². The monoisotopic (exact) mass is 142 g/mol. The fraction of sp³-hybridized carbons (Fsp3) is 0.667. The van der Waals surface area contributed by atoms with E-state index in [2.05, 4.69) is 0 Å². The predicted molar refractivity (Wildman–Crippen MR) is 34.9 cm³/mol. The number of likely N-dealkylation sites (N-methyl/N-ethyl adjacent to an activating group) is 1. The molecule has 0 unspecified atom stereocenters. The van der Waals surface area contributed by atoms with Crippen LogP contribution in [0.15, 0.2) is 0 Å². The Morgan fingerprint density at radius 1 is 1.40 bits per heavy atom. The molecule has 1 aliphatic heterocycles. The highest BCUT2D eigenvalue weighted by atomic mass is 16.2. The van der Waals surface area contributed by atoms with Crippen molar-refractivity contribution in [2.75, 3.05) is 7.05 Å². The quantitative estimate of drug-likeness (QED) is 0.439. The van der Waals surface area contributed by atoms with Crippen LogP contribution in [0.4, 0.5) is 0 Å². The van der Waals surface area contributed by atoms with Crippen molar-refractivity contribution in [2.45, 2.75) is 13.0 Å². The molecule has 0 aromatic carbocycles. The minimum absolute atomic E-state index is 0.183. The average molecular weight is 142 g/mol. The Morgan fingerprint density at radius 3 is 2.00 bits per heavy atom. The molecule has 10 heavy (non-hydrogen) atoms. The third-order valence-electron chi connectivity index (χ3n) is 1.87. The van der Waals surface area contributed by atoms with Gasteiger partial charge in [-0.1, -0.05) is 6.92 Å². The molecule has 1 aliphatic rings. The van der Waals surface area contributed by atoms with Crippen LogP contribution in [-0.2, 0) is 9.59 Å². The van der Waals surface area contributed by atoms with Crippen molar-refractivity contribution in [3.8, 4) is 0 Å². The smallest absolute Gasteiger partial charge is 0.246 e. The molecule has 1 rings (SSSR count). The van der Waals surface area contributed by atoms with E-state index in [4.69, 9.17) is 5.73 Å². The molecular weight excluding hydrogens is 132 g/mol. The summed E-state index contributed by atoms with van der Waals surface area (Å²) in [7, 11) is 1.45. The number of carbonyl (C=O) groups is 2. The lowest BCUT2D eigenvalue weighted by Crippen LogP contribution is -2.33.